The normalized spacial score (nSPS) is 23.4. The van der Waals surface area contributed by atoms with Gasteiger partial charge < -0.3 is 4.90 Å². The highest BCUT2D eigenvalue weighted by atomic mass is 32.2. The fourth-order valence-corrected chi connectivity index (χ4v) is 4.53. The van der Waals surface area contributed by atoms with E-state index in [9.17, 15) is 9.59 Å². The summed E-state index contributed by atoms with van der Waals surface area (Å²) in [6.07, 6.45) is 2.60. The van der Waals surface area contributed by atoms with E-state index < -0.39 is 0 Å². The third-order valence-electron chi connectivity index (χ3n) is 4.70. The summed E-state index contributed by atoms with van der Waals surface area (Å²) in [5.41, 5.74) is 1.35. The monoisotopic (exact) mass is 332 g/mol. The lowest BCUT2D eigenvalue weighted by molar-refractivity contribution is -0.130. The third kappa shape index (κ3) is 4.36. The number of benzene rings is 1. The van der Waals surface area contributed by atoms with Gasteiger partial charge in [-0.3, -0.25) is 14.5 Å². The van der Waals surface area contributed by atoms with Gasteiger partial charge in [-0.25, -0.2) is 0 Å². The van der Waals surface area contributed by atoms with Crippen LogP contribution in [0.25, 0.3) is 0 Å². The standard InChI is InChI=1S/C18H24N2O2S/c1-14(21)23-17-11-18(22)20(13-17)16-7-9-19(10-8-16)12-15-5-3-2-4-6-15/h2-6,16-17H,7-13H2,1H3. The van der Waals surface area contributed by atoms with Crippen LogP contribution in [0.3, 0.4) is 0 Å². The van der Waals surface area contributed by atoms with Crippen LogP contribution < -0.4 is 0 Å². The van der Waals surface area contributed by atoms with Crippen molar-refractivity contribution in [3.8, 4) is 0 Å². The van der Waals surface area contributed by atoms with Crippen molar-refractivity contribution in [3.05, 3.63) is 35.9 Å². The molecule has 0 spiro atoms. The van der Waals surface area contributed by atoms with Gasteiger partial charge >= 0.3 is 0 Å². The Labute approximate surface area is 142 Å². The van der Waals surface area contributed by atoms with E-state index in [-0.39, 0.29) is 16.3 Å². The van der Waals surface area contributed by atoms with Crippen LogP contribution in [0.5, 0.6) is 0 Å². The summed E-state index contributed by atoms with van der Waals surface area (Å²) in [5, 5.41) is 0.268. The van der Waals surface area contributed by atoms with Crippen molar-refractivity contribution in [2.75, 3.05) is 19.6 Å². The number of hydrogen-bond acceptors (Lipinski definition) is 4. The van der Waals surface area contributed by atoms with Gasteiger partial charge in [0.15, 0.2) is 5.12 Å². The Bertz CT molecular complexity index is 555. The topological polar surface area (TPSA) is 40.6 Å². The SMILES string of the molecule is CC(=O)SC1CC(=O)N(C2CCN(Cc3ccccc3)CC2)C1. The summed E-state index contributed by atoms with van der Waals surface area (Å²) >= 11 is 1.32. The van der Waals surface area contributed by atoms with Crippen LogP contribution in [0.15, 0.2) is 30.3 Å². The van der Waals surface area contributed by atoms with E-state index in [1.165, 1.54) is 17.3 Å². The Kier molecular flexibility index (Phi) is 5.38. The first-order valence-corrected chi connectivity index (χ1v) is 9.23. The van der Waals surface area contributed by atoms with Crippen molar-refractivity contribution in [1.82, 2.24) is 9.80 Å². The molecule has 1 aromatic rings. The Morgan fingerprint density at radius 1 is 1.22 bits per heavy atom. The molecule has 1 atom stereocenters. The summed E-state index contributed by atoms with van der Waals surface area (Å²) in [6.45, 7) is 5.39. The summed E-state index contributed by atoms with van der Waals surface area (Å²) in [4.78, 5) is 28.0. The summed E-state index contributed by atoms with van der Waals surface area (Å²) < 4.78 is 0. The first-order valence-electron chi connectivity index (χ1n) is 8.35. The van der Waals surface area contributed by atoms with Crippen LogP contribution in [0.2, 0.25) is 0 Å². The van der Waals surface area contributed by atoms with Crippen molar-refractivity contribution in [1.29, 1.82) is 0 Å². The van der Waals surface area contributed by atoms with Gasteiger partial charge in [-0.1, -0.05) is 42.1 Å². The largest absolute Gasteiger partial charge is 0.338 e. The van der Waals surface area contributed by atoms with Crippen molar-refractivity contribution >= 4 is 22.8 Å². The predicted octanol–water partition coefficient (Wildman–Crippen LogP) is 2.53. The van der Waals surface area contributed by atoms with E-state index in [1.807, 2.05) is 11.0 Å². The van der Waals surface area contributed by atoms with Crippen molar-refractivity contribution < 1.29 is 9.59 Å². The van der Waals surface area contributed by atoms with Crippen LogP contribution in [0.1, 0.15) is 31.7 Å². The Morgan fingerprint density at radius 2 is 1.91 bits per heavy atom. The number of piperidine rings is 1. The lowest BCUT2D eigenvalue weighted by atomic mass is 10.0. The van der Waals surface area contributed by atoms with Gasteiger partial charge in [0.2, 0.25) is 5.91 Å². The van der Waals surface area contributed by atoms with Crippen LogP contribution in [0.4, 0.5) is 0 Å². The number of likely N-dealkylation sites (tertiary alicyclic amines) is 2. The fourth-order valence-electron chi connectivity index (χ4n) is 3.59. The van der Waals surface area contributed by atoms with Gasteiger partial charge in [0.1, 0.15) is 0 Å². The number of nitrogens with zero attached hydrogens (tertiary/aromatic N) is 2. The van der Waals surface area contributed by atoms with Crippen molar-refractivity contribution in [3.63, 3.8) is 0 Å². The smallest absolute Gasteiger partial charge is 0.224 e. The Hall–Kier alpha value is -1.33. The molecular weight excluding hydrogens is 308 g/mol. The zero-order valence-corrected chi connectivity index (χ0v) is 14.4. The molecule has 0 saturated carbocycles. The molecule has 2 fully saturated rings. The quantitative estimate of drug-likeness (QED) is 0.849. The molecule has 1 unspecified atom stereocenters. The minimum Gasteiger partial charge on any atom is -0.338 e. The van der Waals surface area contributed by atoms with E-state index in [2.05, 4.69) is 29.2 Å². The highest BCUT2D eigenvalue weighted by Crippen LogP contribution is 2.29. The molecule has 5 heteroatoms. The minimum absolute atomic E-state index is 0.113. The molecule has 1 amide bonds. The van der Waals surface area contributed by atoms with Gasteiger partial charge in [-0.15, -0.1) is 0 Å². The summed E-state index contributed by atoms with van der Waals surface area (Å²) in [5.74, 6) is 0.227. The molecule has 2 aliphatic rings. The molecule has 124 valence electrons. The third-order valence-corrected chi connectivity index (χ3v) is 5.68. The Morgan fingerprint density at radius 3 is 2.57 bits per heavy atom. The molecule has 1 aromatic carbocycles. The highest BCUT2D eigenvalue weighted by molar-refractivity contribution is 8.14. The second kappa shape index (κ2) is 7.49. The second-order valence-electron chi connectivity index (χ2n) is 6.47. The molecule has 0 bridgehead atoms. The number of hydrogen-bond donors (Lipinski definition) is 0. The van der Waals surface area contributed by atoms with Crippen molar-refractivity contribution in [2.24, 2.45) is 0 Å². The van der Waals surface area contributed by atoms with Gasteiger partial charge in [0, 0.05) is 50.8 Å². The molecule has 0 N–H and O–H groups in total. The molecule has 2 heterocycles. The lowest BCUT2D eigenvalue weighted by Gasteiger charge is -2.36. The number of carbonyl (C=O) groups is 2. The first kappa shape index (κ1) is 16.5. The molecule has 0 radical (unpaired) electrons. The molecule has 3 rings (SSSR count). The number of carbonyl (C=O) groups excluding carboxylic acids is 2. The average molecular weight is 332 g/mol. The molecule has 2 saturated heterocycles. The van der Waals surface area contributed by atoms with E-state index in [4.69, 9.17) is 0 Å². The van der Waals surface area contributed by atoms with Gasteiger partial charge in [0.05, 0.1) is 0 Å². The maximum atomic E-state index is 12.2. The lowest BCUT2D eigenvalue weighted by Crippen LogP contribution is -2.45. The van der Waals surface area contributed by atoms with Crippen LogP contribution >= 0.6 is 11.8 Å². The van der Waals surface area contributed by atoms with Gasteiger partial charge in [0.25, 0.3) is 0 Å². The number of amides is 1. The first-order chi connectivity index (χ1) is 11.1. The molecule has 2 aliphatic heterocycles. The number of rotatable bonds is 4. The molecule has 23 heavy (non-hydrogen) atoms. The van der Waals surface area contributed by atoms with Gasteiger partial charge in [-0.2, -0.15) is 0 Å². The number of thioether (sulfide) groups is 1. The second-order valence-corrected chi connectivity index (χ2v) is 7.95. The van der Waals surface area contributed by atoms with E-state index in [0.717, 1.165) is 39.0 Å². The molecule has 0 aliphatic carbocycles. The Balaban J connectivity index is 1.49. The maximum absolute atomic E-state index is 12.2. The van der Waals surface area contributed by atoms with E-state index in [1.54, 1.807) is 6.92 Å². The summed E-state index contributed by atoms with van der Waals surface area (Å²) in [7, 11) is 0. The predicted molar refractivity (Wildman–Crippen MR) is 93.1 cm³/mol. The fraction of sp³-hybridized carbons (Fsp3) is 0.556. The minimum atomic E-state index is 0.113. The molecule has 4 nitrogen and oxygen atoms in total. The van der Waals surface area contributed by atoms with E-state index in [0.29, 0.717) is 12.5 Å². The maximum Gasteiger partial charge on any atom is 0.224 e. The van der Waals surface area contributed by atoms with Crippen LogP contribution in [-0.2, 0) is 16.1 Å². The van der Waals surface area contributed by atoms with Crippen molar-refractivity contribution in [2.45, 2.75) is 44.0 Å². The highest BCUT2D eigenvalue weighted by Gasteiger charge is 2.36. The average Bonchev–Trinajstić information content (AvgIpc) is 2.89. The van der Waals surface area contributed by atoms with Crippen LogP contribution in [-0.4, -0.2) is 51.7 Å². The van der Waals surface area contributed by atoms with Gasteiger partial charge in [-0.05, 0) is 18.4 Å². The zero-order valence-electron chi connectivity index (χ0n) is 13.6. The molecular formula is C18H24N2O2S. The summed E-state index contributed by atoms with van der Waals surface area (Å²) in [6, 6.07) is 10.9. The molecule has 0 aromatic heterocycles. The van der Waals surface area contributed by atoms with E-state index >= 15 is 0 Å². The van der Waals surface area contributed by atoms with Crippen LogP contribution in [0, 0.1) is 0 Å². The zero-order chi connectivity index (χ0) is 16.2.